The summed E-state index contributed by atoms with van der Waals surface area (Å²) in [6, 6.07) is 14.8. The first-order chi connectivity index (χ1) is 9.65. The number of hydrogen-bond donors (Lipinski definition) is 0. The maximum absolute atomic E-state index is 12.0. The first-order valence-electron chi connectivity index (χ1n) is 6.28. The summed E-state index contributed by atoms with van der Waals surface area (Å²) in [5.41, 5.74) is 2.89. The van der Waals surface area contributed by atoms with Gasteiger partial charge >= 0.3 is 5.97 Å². The van der Waals surface area contributed by atoms with Gasteiger partial charge in [0.15, 0.2) is 0 Å². The Kier molecular flexibility index (Phi) is 5.05. The van der Waals surface area contributed by atoms with Crippen molar-refractivity contribution in [2.75, 3.05) is 6.61 Å². The first kappa shape index (κ1) is 14.9. The molecule has 2 rings (SSSR count). The Bertz CT molecular complexity index is 609. The smallest absolute Gasteiger partial charge is 0.338 e. The number of rotatable bonds is 4. The van der Waals surface area contributed by atoms with Gasteiger partial charge in [-0.3, -0.25) is 0 Å². The van der Waals surface area contributed by atoms with Crippen molar-refractivity contribution in [1.82, 2.24) is 0 Å². The molecule has 0 radical (unpaired) electrons. The van der Waals surface area contributed by atoms with Crippen molar-refractivity contribution in [3.8, 4) is 11.1 Å². The Morgan fingerprint density at radius 3 is 2.30 bits per heavy atom. The Balaban J connectivity index is 2.56. The number of benzene rings is 2. The summed E-state index contributed by atoms with van der Waals surface area (Å²) in [6.07, 6.45) is 0. The molecule has 0 spiro atoms. The Hall–Kier alpha value is -1.51. The van der Waals surface area contributed by atoms with Crippen LogP contribution in [0.5, 0.6) is 0 Å². The topological polar surface area (TPSA) is 26.3 Å². The van der Waals surface area contributed by atoms with Crippen molar-refractivity contribution in [3.05, 3.63) is 59.7 Å². The zero-order chi connectivity index (χ0) is 14.5. The number of carbonyl (C=O) groups excluding carboxylic acids is 1. The Morgan fingerprint density at radius 1 is 1.05 bits per heavy atom. The summed E-state index contributed by atoms with van der Waals surface area (Å²) < 4.78 is 5.09. The van der Waals surface area contributed by atoms with E-state index in [0.29, 0.717) is 12.2 Å². The molecule has 4 heteroatoms. The van der Waals surface area contributed by atoms with E-state index in [-0.39, 0.29) is 5.97 Å². The third-order valence-electron chi connectivity index (χ3n) is 2.91. The molecule has 0 amide bonds. The molecule has 0 saturated heterocycles. The van der Waals surface area contributed by atoms with E-state index in [2.05, 4.69) is 0 Å². The number of halogens is 2. The second kappa shape index (κ2) is 6.78. The van der Waals surface area contributed by atoms with E-state index in [4.69, 9.17) is 27.9 Å². The average molecular weight is 309 g/mol. The van der Waals surface area contributed by atoms with E-state index in [1.165, 1.54) is 0 Å². The molecule has 20 heavy (non-hydrogen) atoms. The highest BCUT2D eigenvalue weighted by Gasteiger charge is 2.17. The van der Waals surface area contributed by atoms with Gasteiger partial charge in [-0.1, -0.05) is 42.5 Å². The van der Waals surface area contributed by atoms with Gasteiger partial charge in [-0.15, -0.1) is 23.2 Å². The van der Waals surface area contributed by atoms with Crippen molar-refractivity contribution in [2.45, 2.75) is 11.8 Å². The summed E-state index contributed by atoms with van der Waals surface area (Å²) in [7, 11) is 0. The molecule has 0 fully saturated rings. The minimum absolute atomic E-state index is 0.336. The van der Waals surface area contributed by atoms with E-state index >= 15 is 0 Å². The number of alkyl halides is 2. The molecule has 0 heterocycles. The summed E-state index contributed by atoms with van der Waals surface area (Å²) >= 11 is 12.0. The van der Waals surface area contributed by atoms with Gasteiger partial charge in [0.25, 0.3) is 0 Å². The number of carbonyl (C=O) groups is 1. The van der Waals surface area contributed by atoms with Crippen LogP contribution in [-0.2, 0) is 4.74 Å². The lowest BCUT2D eigenvalue weighted by Crippen LogP contribution is -2.06. The summed E-state index contributed by atoms with van der Waals surface area (Å²) in [5, 5.41) is 0. The highest BCUT2D eigenvalue weighted by Crippen LogP contribution is 2.35. The number of esters is 1. The molecule has 104 valence electrons. The second-order valence-electron chi connectivity index (χ2n) is 4.15. The number of ether oxygens (including phenoxy) is 1. The molecular formula is C16H14Cl2O2. The molecule has 0 unspecified atom stereocenters. The van der Waals surface area contributed by atoms with Gasteiger partial charge in [-0.2, -0.15) is 0 Å². The molecule has 0 bridgehead atoms. The predicted octanol–water partition coefficient (Wildman–Crippen LogP) is 5.01. The largest absolute Gasteiger partial charge is 0.462 e. The van der Waals surface area contributed by atoms with Crippen LogP contribution in [0.25, 0.3) is 11.1 Å². The quantitative estimate of drug-likeness (QED) is 0.586. The summed E-state index contributed by atoms with van der Waals surface area (Å²) in [6.45, 7) is 2.12. The second-order valence-corrected chi connectivity index (χ2v) is 5.25. The van der Waals surface area contributed by atoms with E-state index in [9.17, 15) is 4.79 Å². The molecule has 0 aromatic heterocycles. The average Bonchev–Trinajstić information content (AvgIpc) is 2.47. The minimum Gasteiger partial charge on any atom is -0.462 e. The van der Waals surface area contributed by atoms with E-state index < -0.39 is 4.84 Å². The highest BCUT2D eigenvalue weighted by molar-refractivity contribution is 6.44. The third-order valence-corrected chi connectivity index (χ3v) is 3.38. The normalized spacial score (nSPS) is 10.6. The lowest BCUT2D eigenvalue weighted by atomic mass is 9.96. The van der Waals surface area contributed by atoms with Crippen LogP contribution in [0.3, 0.4) is 0 Å². The summed E-state index contributed by atoms with van der Waals surface area (Å²) in [4.78, 5) is 11.4. The highest BCUT2D eigenvalue weighted by atomic mass is 35.5. The Labute approximate surface area is 128 Å². The molecule has 0 atom stereocenters. The predicted molar refractivity (Wildman–Crippen MR) is 82.3 cm³/mol. The fourth-order valence-corrected chi connectivity index (χ4v) is 2.42. The van der Waals surface area contributed by atoms with Gasteiger partial charge in [0.1, 0.15) is 4.84 Å². The van der Waals surface area contributed by atoms with Crippen molar-refractivity contribution < 1.29 is 9.53 Å². The van der Waals surface area contributed by atoms with Crippen LogP contribution in [0.1, 0.15) is 27.7 Å². The van der Waals surface area contributed by atoms with Crippen molar-refractivity contribution >= 4 is 29.2 Å². The minimum atomic E-state index is -0.651. The molecule has 0 N–H and O–H groups in total. The maximum atomic E-state index is 12.0. The van der Waals surface area contributed by atoms with Gasteiger partial charge in [0.05, 0.1) is 12.2 Å². The van der Waals surface area contributed by atoms with Crippen LogP contribution in [0, 0.1) is 0 Å². The molecule has 2 aromatic carbocycles. The maximum Gasteiger partial charge on any atom is 0.338 e. The van der Waals surface area contributed by atoms with E-state index in [1.807, 2.05) is 36.4 Å². The molecule has 2 nitrogen and oxygen atoms in total. The Morgan fingerprint density at radius 2 is 1.65 bits per heavy atom. The standard InChI is InChI=1S/C16H14Cl2O2/c1-2-20-16(19)14-10-6-4-8-12(14)11-7-3-5-9-13(11)15(17)18/h3-10,15H,2H2,1H3. The lowest BCUT2D eigenvalue weighted by molar-refractivity contribution is 0.0527. The zero-order valence-electron chi connectivity index (χ0n) is 11.0. The SMILES string of the molecule is CCOC(=O)c1ccccc1-c1ccccc1C(Cl)Cl. The van der Waals surface area contributed by atoms with E-state index in [0.717, 1.165) is 16.7 Å². The third kappa shape index (κ3) is 3.14. The van der Waals surface area contributed by atoms with Crippen LogP contribution in [0.15, 0.2) is 48.5 Å². The van der Waals surface area contributed by atoms with Crippen LogP contribution in [-0.4, -0.2) is 12.6 Å². The van der Waals surface area contributed by atoms with Crippen LogP contribution in [0.2, 0.25) is 0 Å². The molecule has 0 aliphatic heterocycles. The van der Waals surface area contributed by atoms with Gasteiger partial charge in [0.2, 0.25) is 0 Å². The van der Waals surface area contributed by atoms with Gasteiger partial charge in [-0.25, -0.2) is 4.79 Å². The van der Waals surface area contributed by atoms with Gasteiger partial charge in [0, 0.05) is 0 Å². The van der Waals surface area contributed by atoms with Crippen molar-refractivity contribution in [1.29, 1.82) is 0 Å². The van der Waals surface area contributed by atoms with Crippen LogP contribution in [0.4, 0.5) is 0 Å². The van der Waals surface area contributed by atoms with Gasteiger partial charge in [-0.05, 0) is 29.7 Å². The van der Waals surface area contributed by atoms with Crippen LogP contribution >= 0.6 is 23.2 Å². The molecule has 2 aromatic rings. The van der Waals surface area contributed by atoms with Crippen molar-refractivity contribution in [3.63, 3.8) is 0 Å². The summed E-state index contributed by atoms with van der Waals surface area (Å²) in [5.74, 6) is -0.349. The molecular weight excluding hydrogens is 295 g/mol. The number of hydrogen-bond acceptors (Lipinski definition) is 2. The fraction of sp³-hybridized carbons (Fsp3) is 0.188. The molecule has 0 saturated carbocycles. The fourth-order valence-electron chi connectivity index (χ4n) is 2.04. The molecule has 0 aliphatic rings. The monoisotopic (exact) mass is 308 g/mol. The molecule has 0 aliphatic carbocycles. The lowest BCUT2D eigenvalue weighted by Gasteiger charge is -2.13. The van der Waals surface area contributed by atoms with Gasteiger partial charge < -0.3 is 4.74 Å². The van der Waals surface area contributed by atoms with Crippen molar-refractivity contribution in [2.24, 2.45) is 0 Å². The first-order valence-corrected chi connectivity index (χ1v) is 7.16. The zero-order valence-corrected chi connectivity index (χ0v) is 12.5. The van der Waals surface area contributed by atoms with Crippen LogP contribution < -0.4 is 0 Å². The van der Waals surface area contributed by atoms with E-state index in [1.54, 1.807) is 19.1 Å².